The summed E-state index contributed by atoms with van der Waals surface area (Å²) >= 11 is 6.16. The van der Waals surface area contributed by atoms with Crippen LogP contribution in [-0.4, -0.2) is 19.2 Å². The second kappa shape index (κ2) is 7.38. The van der Waals surface area contributed by atoms with Gasteiger partial charge in [-0.1, -0.05) is 25.1 Å². The van der Waals surface area contributed by atoms with Gasteiger partial charge in [0, 0.05) is 33.0 Å². The largest absolute Gasteiger partial charge is 0.513 e. The third kappa shape index (κ3) is 3.40. The molecule has 0 amide bonds. The van der Waals surface area contributed by atoms with Crippen molar-refractivity contribution in [1.82, 2.24) is 0 Å². The third-order valence-corrected chi connectivity index (χ3v) is 4.78. The summed E-state index contributed by atoms with van der Waals surface area (Å²) in [5, 5.41) is 1.73. The van der Waals surface area contributed by atoms with Crippen LogP contribution in [0.15, 0.2) is 30.9 Å². The van der Waals surface area contributed by atoms with Crippen LogP contribution in [0.5, 0.6) is 11.5 Å². The second-order valence-corrected chi connectivity index (χ2v) is 6.77. The zero-order valence-corrected chi connectivity index (χ0v) is 15.4. The monoisotopic (exact) mass is 374 g/mol. The van der Waals surface area contributed by atoms with E-state index in [2.05, 4.69) is 18.2 Å². The molecule has 0 spiro atoms. The van der Waals surface area contributed by atoms with Crippen LogP contribution in [0.3, 0.4) is 0 Å². The lowest BCUT2D eigenvalue weighted by molar-refractivity contribution is -0.128. The highest BCUT2D eigenvalue weighted by atomic mass is 35.5. The van der Waals surface area contributed by atoms with Crippen LogP contribution in [0.4, 0.5) is 4.79 Å². The highest BCUT2D eigenvalue weighted by Crippen LogP contribution is 2.46. The minimum Gasteiger partial charge on any atom is -0.437 e. The predicted molar refractivity (Wildman–Crippen MR) is 99.0 cm³/mol. The quantitative estimate of drug-likeness (QED) is 0.332. The lowest BCUT2D eigenvalue weighted by atomic mass is 9.82. The lowest BCUT2D eigenvalue weighted by Crippen LogP contribution is -2.18. The molecule has 6 heteroatoms. The maximum Gasteiger partial charge on any atom is 0.513 e. The summed E-state index contributed by atoms with van der Waals surface area (Å²) in [6.45, 7) is 5.60. The Morgan fingerprint density at radius 1 is 1.19 bits per heavy atom. The number of benzene rings is 2. The maximum atomic E-state index is 11.9. The Labute approximate surface area is 156 Å². The smallest absolute Gasteiger partial charge is 0.437 e. The first kappa shape index (κ1) is 18.3. The number of ether oxygens (including phenoxy) is 3. The number of carbonyl (C=O) groups excluding carboxylic acids is 2. The minimum atomic E-state index is -0.803. The molecule has 0 fully saturated rings. The number of rotatable bonds is 3. The van der Waals surface area contributed by atoms with E-state index in [-0.39, 0.29) is 0 Å². The number of methoxy groups -OCH3 is 1. The van der Waals surface area contributed by atoms with E-state index >= 15 is 0 Å². The van der Waals surface area contributed by atoms with Gasteiger partial charge in [-0.15, -0.1) is 0 Å². The molecule has 2 aromatic carbocycles. The van der Waals surface area contributed by atoms with Crippen LogP contribution in [0.25, 0.3) is 10.8 Å². The summed E-state index contributed by atoms with van der Waals surface area (Å²) < 4.78 is 15.7. The molecule has 3 rings (SSSR count). The fraction of sp³-hybridized carbons (Fsp3) is 0.300. The SMILES string of the molecule is C=CC(=O)Oc1c2c(c(OC(=O)OC)c3cc(Cl)ccc13)CCC(C)C2. The number of halogens is 1. The van der Waals surface area contributed by atoms with Gasteiger partial charge in [-0.25, -0.2) is 9.59 Å². The van der Waals surface area contributed by atoms with Crippen molar-refractivity contribution < 1.29 is 23.8 Å². The molecule has 0 heterocycles. The molecule has 5 nitrogen and oxygen atoms in total. The summed E-state index contributed by atoms with van der Waals surface area (Å²) in [6.07, 6.45) is 2.67. The average molecular weight is 375 g/mol. The molecular formula is C20H19ClO5. The van der Waals surface area contributed by atoms with Crippen LogP contribution < -0.4 is 9.47 Å². The molecule has 0 radical (unpaired) electrons. The Kier molecular flexibility index (Phi) is 5.18. The van der Waals surface area contributed by atoms with Gasteiger partial charge in [0.1, 0.15) is 11.5 Å². The summed E-state index contributed by atoms with van der Waals surface area (Å²) in [5.74, 6) is 0.762. The van der Waals surface area contributed by atoms with Crippen LogP contribution in [0, 0.1) is 5.92 Å². The van der Waals surface area contributed by atoms with E-state index in [9.17, 15) is 9.59 Å². The van der Waals surface area contributed by atoms with E-state index in [0.717, 1.165) is 23.6 Å². The molecule has 1 atom stereocenters. The Hall–Kier alpha value is -2.53. The van der Waals surface area contributed by atoms with E-state index in [0.29, 0.717) is 46.1 Å². The Morgan fingerprint density at radius 3 is 2.62 bits per heavy atom. The first-order chi connectivity index (χ1) is 12.4. The molecule has 136 valence electrons. The first-order valence-electron chi connectivity index (χ1n) is 8.31. The molecule has 0 saturated heterocycles. The lowest BCUT2D eigenvalue weighted by Gasteiger charge is -2.27. The molecule has 1 aliphatic rings. The fourth-order valence-corrected chi connectivity index (χ4v) is 3.50. The Balaban J connectivity index is 2.33. The van der Waals surface area contributed by atoms with Gasteiger partial charge in [0.25, 0.3) is 0 Å². The van der Waals surface area contributed by atoms with E-state index < -0.39 is 12.1 Å². The first-order valence-corrected chi connectivity index (χ1v) is 8.69. The number of hydrogen-bond acceptors (Lipinski definition) is 5. The molecule has 2 aromatic rings. The van der Waals surface area contributed by atoms with E-state index in [1.165, 1.54) is 7.11 Å². The van der Waals surface area contributed by atoms with Crippen molar-refractivity contribution >= 4 is 34.5 Å². The highest BCUT2D eigenvalue weighted by Gasteiger charge is 2.28. The zero-order valence-electron chi connectivity index (χ0n) is 14.6. The van der Waals surface area contributed by atoms with Gasteiger partial charge in [-0.3, -0.25) is 0 Å². The summed E-state index contributed by atoms with van der Waals surface area (Å²) in [5.41, 5.74) is 1.71. The van der Waals surface area contributed by atoms with E-state index in [4.69, 9.17) is 21.1 Å². The van der Waals surface area contributed by atoms with Gasteiger partial charge >= 0.3 is 12.1 Å². The third-order valence-electron chi connectivity index (χ3n) is 4.54. The van der Waals surface area contributed by atoms with Crippen LogP contribution in [-0.2, 0) is 22.4 Å². The fourth-order valence-electron chi connectivity index (χ4n) is 3.32. The van der Waals surface area contributed by atoms with Crippen molar-refractivity contribution in [3.8, 4) is 11.5 Å². The second-order valence-electron chi connectivity index (χ2n) is 6.33. The molecule has 0 bridgehead atoms. The number of hydrogen-bond donors (Lipinski definition) is 0. The molecular weight excluding hydrogens is 356 g/mol. The van der Waals surface area contributed by atoms with E-state index in [1.54, 1.807) is 18.2 Å². The maximum absolute atomic E-state index is 11.9. The average Bonchev–Trinajstić information content (AvgIpc) is 2.63. The van der Waals surface area contributed by atoms with Crippen LogP contribution >= 0.6 is 11.6 Å². The van der Waals surface area contributed by atoms with Crippen molar-refractivity contribution in [3.05, 3.63) is 47.0 Å². The van der Waals surface area contributed by atoms with Crippen LogP contribution in [0.2, 0.25) is 5.02 Å². The molecule has 26 heavy (non-hydrogen) atoms. The normalized spacial score (nSPS) is 15.9. The predicted octanol–water partition coefficient (Wildman–Crippen LogP) is 4.85. The Morgan fingerprint density at radius 2 is 1.92 bits per heavy atom. The Bertz CT molecular complexity index is 903. The minimum absolute atomic E-state index is 0.412. The van der Waals surface area contributed by atoms with Gasteiger partial charge in [-0.2, -0.15) is 0 Å². The van der Waals surface area contributed by atoms with Gasteiger partial charge in [0.15, 0.2) is 0 Å². The summed E-state index contributed by atoms with van der Waals surface area (Å²) in [7, 11) is 1.26. The van der Waals surface area contributed by atoms with Gasteiger partial charge in [-0.05, 0) is 43.4 Å². The molecule has 0 aliphatic heterocycles. The molecule has 0 saturated carbocycles. The van der Waals surface area contributed by atoms with Crippen molar-refractivity contribution in [2.24, 2.45) is 5.92 Å². The highest BCUT2D eigenvalue weighted by molar-refractivity contribution is 6.31. The van der Waals surface area contributed by atoms with Crippen LogP contribution in [0.1, 0.15) is 24.5 Å². The van der Waals surface area contributed by atoms with Crippen molar-refractivity contribution in [1.29, 1.82) is 0 Å². The number of esters is 1. The summed E-state index contributed by atoms with van der Waals surface area (Å²) in [6, 6.07) is 5.15. The van der Waals surface area contributed by atoms with Gasteiger partial charge < -0.3 is 14.2 Å². The topological polar surface area (TPSA) is 61.8 Å². The molecule has 1 unspecified atom stereocenters. The summed E-state index contributed by atoms with van der Waals surface area (Å²) in [4.78, 5) is 23.7. The standard InChI is InChI=1S/C20H19ClO5/c1-4-17(22)25-18-14-8-6-12(21)10-16(14)19(26-20(23)24-3)13-7-5-11(2)9-15(13)18/h4,6,8,10-11H,1,5,7,9H2,2-3H3. The van der Waals surface area contributed by atoms with Crippen molar-refractivity contribution in [2.45, 2.75) is 26.2 Å². The van der Waals surface area contributed by atoms with E-state index in [1.807, 2.05) is 0 Å². The molecule has 1 aliphatic carbocycles. The van der Waals surface area contributed by atoms with Crippen molar-refractivity contribution in [3.63, 3.8) is 0 Å². The van der Waals surface area contributed by atoms with Gasteiger partial charge in [0.05, 0.1) is 7.11 Å². The zero-order chi connectivity index (χ0) is 18.8. The molecule has 0 aromatic heterocycles. The van der Waals surface area contributed by atoms with Crippen molar-refractivity contribution in [2.75, 3.05) is 7.11 Å². The molecule has 0 N–H and O–H groups in total. The number of carbonyl (C=O) groups is 2. The van der Waals surface area contributed by atoms with Gasteiger partial charge in [0.2, 0.25) is 0 Å². The number of fused-ring (bicyclic) bond motifs is 2.